The molecule has 216 valence electrons. The highest BCUT2D eigenvalue weighted by atomic mass is 16.5. The highest BCUT2D eigenvalue weighted by molar-refractivity contribution is 6.46. The largest absolute Gasteiger partial charge is 0.507 e. The third kappa shape index (κ3) is 6.42. The molecule has 4 rings (SSSR count). The number of aliphatic hydroxyl groups excluding tert-OH is 1. The summed E-state index contributed by atoms with van der Waals surface area (Å²) in [6.45, 7) is 8.82. The van der Waals surface area contributed by atoms with Gasteiger partial charge in [-0.15, -0.1) is 0 Å². The highest BCUT2D eigenvalue weighted by Gasteiger charge is 2.46. The van der Waals surface area contributed by atoms with Gasteiger partial charge in [0.05, 0.1) is 45.7 Å². The number of benzene rings is 2. The molecule has 1 atom stereocenters. The zero-order valence-electron chi connectivity index (χ0n) is 23.9. The summed E-state index contributed by atoms with van der Waals surface area (Å²) in [5.41, 5.74) is 2.00. The van der Waals surface area contributed by atoms with E-state index < -0.39 is 17.7 Å². The zero-order valence-corrected chi connectivity index (χ0v) is 23.9. The van der Waals surface area contributed by atoms with Gasteiger partial charge in [0.1, 0.15) is 11.5 Å². The number of ketones is 1. The molecule has 2 saturated heterocycles. The van der Waals surface area contributed by atoms with Crippen molar-refractivity contribution in [2.45, 2.75) is 39.2 Å². The van der Waals surface area contributed by atoms with Crippen LogP contribution in [0.4, 0.5) is 0 Å². The molecule has 0 bridgehead atoms. The lowest BCUT2D eigenvalue weighted by Crippen LogP contribution is -2.38. The average molecular weight is 553 g/mol. The van der Waals surface area contributed by atoms with Crippen LogP contribution >= 0.6 is 0 Å². The Kier molecular flexibility index (Phi) is 10.1. The number of Topliss-reactive ketones (excluding diaryl/α,β-unsaturated/α-hetero) is 1. The fourth-order valence-corrected chi connectivity index (χ4v) is 5.21. The maximum atomic E-state index is 13.5. The van der Waals surface area contributed by atoms with Gasteiger partial charge >= 0.3 is 0 Å². The van der Waals surface area contributed by atoms with Gasteiger partial charge in [0.15, 0.2) is 11.5 Å². The third-order valence-corrected chi connectivity index (χ3v) is 7.44. The summed E-state index contributed by atoms with van der Waals surface area (Å²) >= 11 is 0. The number of carbonyl (C=O) groups excluding carboxylic acids is 2. The van der Waals surface area contributed by atoms with Crippen LogP contribution in [0.25, 0.3) is 5.76 Å². The predicted octanol–water partition coefficient (Wildman–Crippen LogP) is 4.34. The van der Waals surface area contributed by atoms with E-state index in [-0.39, 0.29) is 11.3 Å². The highest BCUT2D eigenvalue weighted by Crippen LogP contribution is 2.42. The number of hydrogen-bond donors (Lipinski definition) is 1. The van der Waals surface area contributed by atoms with Gasteiger partial charge in [-0.25, -0.2) is 0 Å². The fourth-order valence-electron chi connectivity index (χ4n) is 5.21. The molecule has 2 fully saturated rings. The van der Waals surface area contributed by atoms with Crippen molar-refractivity contribution < 1.29 is 33.6 Å². The van der Waals surface area contributed by atoms with Gasteiger partial charge < -0.3 is 29.0 Å². The van der Waals surface area contributed by atoms with Crippen LogP contribution in [0.15, 0.2) is 42.0 Å². The number of nitrogens with zero attached hydrogens (tertiary/aromatic N) is 2. The Morgan fingerprint density at radius 2 is 1.70 bits per heavy atom. The number of hydrogen-bond acceptors (Lipinski definition) is 8. The van der Waals surface area contributed by atoms with Gasteiger partial charge in [0.2, 0.25) is 0 Å². The summed E-state index contributed by atoms with van der Waals surface area (Å²) in [4.78, 5) is 30.7. The Hall–Kier alpha value is -3.56. The molecule has 1 N–H and O–H groups in total. The smallest absolute Gasteiger partial charge is 0.295 e. The van der Waals surface area contributed by atoms with E-state index in [0.29, 0.717) is 55.4 Å². The van der Waals surface area contributed by atoms with Crippen LogP contribution in [-0.4, -0.2) is 86.8 Å². The van der Waals surface area contributed by atoms with E-state index in [1.165, 1.54) is 7.11 Å². The lowest BCUT2D eigenvalue weighted by Gasteiger charge is -2.29. The monoisotopic (exact) mass is 552 g/mol. The van der Waals surface area contributed by atoms with Gasteiger partial charge in [-0.2, -0.15) is 0 Å². The summed E-state index contributed by atoms with van der Waals surface area (Å²) in [6, 6.07) is 9.84. The maximum Gasteiger partial charge on any atom is 0.295 e. The van der Waals surface area contributed by atoms with Crippen LogP contribution in [0, 0.1) is 6.92 Å². The van der Waals surface area contributed by atoms with Crippen LogP contribution in [-0.2, 0) is 14.3 Å². The number of likely N-dealkylation sites (tertiary alicyclic amines) is 1. The first-order valence-corrected chi connectivity index (χ1v) is 13.9. The summed E-state index contributed by atoms with van der Waals surface area (Å²) in [7, 11) is 3.08. The van der Waals surface area contributed by atoms with Crippen molar-refractivity contribution in [3.05, 3.63) is 58.7 Å². The van der Waals surface area contributed by atoms with Gasteiger partial charge in [-0.3, -0.25) is 14.5 Å². The molecule has 40 heavy (non-hydrogen) atoms. The van der Waals surface area contributed by atoms with Crippen LogP contribution in [0.1, 0.15) is 48.9 Å². The number of rotatable bonds is 12. The van der Waals surface area contributed by atoms with Crippen molar-refractivity contribution in [2.24, 2.45) is 0 Å². The van der Waals surface area contributed by atoms with Crippen LogP contribution < -0.4 is 14.2 Å². The minimum atomic E-state index is -0.773. The normalized spacial score (nSPS) is 19.2. The van der Waals surface area contributed by atoms with Crippen molar-refractivity contribution in [2.75, 3.05) is 60.2 Å². The molecule has 0 radical (unpaired) electrons. The lowest BCUT2D eigenvalue weighted by atomic mass is 9.94. The molecule has 2 aliphatic rings. The van der Waals surface area contributed by atoms with Crippen molar-refractivity contribution in [1.29, 1.82) is 0 Å². The van der Waals surface area contributed by atoms with Crippen molar-refractivity contribution in [1.82, 2.24) is 9.80 Å². The number of aryl methyl sites for hydroxylation is 1. The Balaban J connectivity index is 1.70. The third-order valence-electron chi connectivity index (χ3n) is 7.44. The molecule has 0 saturated carbocycles. The summed E-state index contributed by atoms with van der Waals surface area (Å²) in [6.07, 6.45) is 2.65. The molecule has 0 spiro atoms. The van der Waals surface area contributed by atoms with Crippen molar-refractivity contribution in [3.63, 3.8) is 0 Å². The molecule has 1 amide bonds. The number of amides is 1. The number of aliphatic hydroxyl groups is 1. The van der Waals surface area contributed by atoms with Gasteiger partial charge in [0, 0.05) is 31.7 Å². The second-order valence-electron chi connectivity index (χ2n) is 10.1. The molecular formula is C31H40N2O7. The summed E-state index contributed by atoms with van der Waals surface area (Å²) < 4.78 is 22.2. The molecule has 0 aliphatic carbocycles. The predicted molar refractivity (Wildman–Crippen MR) is 152 cm³/mol. The van der Waals surface area contributed by atoms with Gasteiger partial charge in [0.25, 0.3) is 11.7 Å². The maximum absolute atomic E-state index is 13.5. The Morgan fingerprint density at radius 1 is 0.975 bits per heavy atom. The van der Waals surface area contributed by atoms with Crippen LogP contribution in [0.2, 0.25) is 0 Å². The molecule has 9 nitrogen and oxygen atoms in total. The topological polar surface area (TPSA) is 97.8 Å². The quantitative estimate of drug-likeness (QED) is 0.180. The van der Waals surface area contributed by atoms with Crippen LogP contribution in [0.5, 0.6) is 17.2 Å². The second kappa shape index (κ2) is 13.7. The average Bonchev–Trinajstić information content (AvgIpc) is 3.23. The number of methoxy groups -OCH3 is 2. The van der Waals surface area contributed by atoms with Gasteiger partial charge in [-0.1, -0.05) is 19.4 Å². The molecule has 2 aromatic carbocycles. The summed E-state index contributed by atoms with van der Waals surface area (Å²) in [5.74, 6) is 0.194. The Morgan fingerprint density at radius 3 is 2.38 bits per heavy atom. The van der Waals surface area contributed by atoms with Crippen molar-refractivity contribution >= 4 is 17.4 Å². The first kappa shape index (κ1) is 29.4. The lowest BCUT2D eigenvalue weighted by molar-refractivity contribution is -0.140. The first-order valence-electron chi connectivity index (χ1n) is 13.9. The first-order chi connectivity index (χ1) is 19.4. The van der Waals surface area contributed by atoms with E-state index in [0.717, 1.165) is 43.8 Å². The minimum absolute atomic E-state index is 0.0580. The van der Waals surface area contributed by atoms with Crippen molar-refractivity contribution in [3.8, 4) is 17.2 Å². The SMILES string of the molecule is CCCCOc1ccc(/C(O)=C2\C(=O)C(=O)N(CCCN3CCOCC3)[C@H]2c2ccc(OC)c(OC)c2)cc1C. The van der Waals surface area contributed by atoms with E-state index in [2.05, 4.69) is 11.8 Å². The van der Waals surface area contributed by atoms with Gasteiger partial charge in [-0.05, 0) is 61.2 Å². The molecule has 0 unspecified atom stereocenters. The number of morpholine rings is 1. The van der Waals surface area contributed by atoms with E-state index in [1.54, 1.807) is 48.4 Å². The van der Waals surface area contributed by atoms with E-state index in [9.17, 15) is 14.7 Å². The van der Waals surface area contributed by atoms with Crippen LogP contribution in [0.3, 0.4) is 0 Å². The zero-order chi connectivity index (χ0) is 28.6. The molecular weight excluding hydrogens is 512 g/mol. The Labute approximate surface area is 236 Å². The van der Waals surface area contributed by atoms with E-state index in [1.807, 2.05) is 6.92 Å². The van der Waals surface area contributed by atoms with E-state index >= 15 is 0 Å². The number of carbonyl (C=O) groups is 2. The molecule has 2 aliphatic heterocycles. The Bertz CT molecular complexity index is 1240. The fraction of sp³-hybridized carbons (Fsp3) is 0.484. The molecule has 0 aromatic heterocycles. The molecule has 9 heteroatoms. The molecule has 2 heterocycles. The number of ether oxygens (including phenoxy) is 4. The molecule has 2 aromatic rings. The summed E-state index contributed by atoms with van der Waals surface area (Å²) in [5, 5.41) is 11.5. The number of unbranched alkanes of at least 4 members (excludes halogenated alkanes) is 1. The van der Waals surface area contributed by atoms with E-state index in [4.69, 9.17) is 18.9 Å². The second-order valence-corrected chi connectivity index (χ2v) is 10.1. The minimum Gasteiger partial charge on any atom is -0.507 e. The standard InChI is InChI=1S/C31H40N2O7/c1-5-6-16-40-24-10-9-23(19-21(24)2)29(34)27-28(22-8-11-25(37-3)26(20-22)38-4)33(31(36)30(27)35)13-7-12-32-14-17-39-18-15-32/h8-11,19-20,28,34H,5-7,12-18H2,1-4H3/b29-27+/t28-/m0/s1.